The molecule has 0 aliphatic heterocycles. The molecule has 1 fully saturated rings. The maximum atomic E-state index is 10.7. The Labute approximate surface area is 127 Å². The van der Waals surface area contributed by atoms with Crippen LogP contribution in [0.2, 0.25) is 10.0 Å². The molecule has 20 heavy (non-hydrogen) atoms. The number of benzene rings is 1. The second-order valence-electron chi connectivity index (χ2n) is 4.83. The molecule has 1 N–H and O–H groups in total. The van der Waals surface area contributed by atoms with Crippen LogP contribution in [0.25, 0.3) is 0 Å². The van der Waals surface area contributed by atoms with Crippen molar-refractivity contribution in [2.24, 2.45) is 0 Å². The molecule has 0 heterocycles. The van der Waals surface area contributed by atoms with Crippen LogP contribution in [-0.4, -0.2) is 24.1 Å². The van der Waals surface area contributed by atoms with Gasteiger partial charge in [-0.25, -0.2) is 0 Å². The van der Waals surface area contributed by atoms with Crippen LogP contribution in [0.4, 0.5) is 5.69 Å². The highest BCUT2D eigenvalue weighted by Gasteiger charge is 2.27. The van der Waals surface area contributed by atoms with Crippen LogP contribution in [0.1, 0.15) is 25.7 Å². The Balaban J connectivity index is 2.22. The Morgan fingerprint density at radius 3 is 2.45 bits per heavy atom. The molecule has 110 valence electrons. The van der Waals surface area contributed by atoms with E-state index in [4.69, 9.17) is 27.9 Å². The van der Waals surface area contributed by atoms with Crippen molar-refractivity contribution in [1.29, 1.82) is 0 Å². The van der Waals surface area contributed by atoms with Crippen molar-refractivity contribution in [2.75, 3.05) is 7.05 Å². The van der Waals surface area contributed by atoms with Crippen LogP contribution in [-0.2, 0) is 0 Å². The van der Waals surface area contributed by atoms with E-state index >= 15 is 0 Å². The molecule has 1 aliphatic rings. The maximum absolute atomic E-state index is 10.7. The number of nitrogens with zero attached hydrogens (tertiary/aromatic N) is 1. The molecular weight excluding hydrogens is 303 g/mol. The highest BCUT2D eigenvalue weighted by Crippen LogP contribution is 2.38. The summed E-state index contributed by atoms with van der Waals surface area (Å²) in [5.41, 5.74) is -0.138. The van der Waals surface area contributed by atoms with E-state index in [9.17, 15) is 10.1 Å². The van der Waals surface area contributed by atoms with Gasteiger partial charge in [-0.15, -0.1) is 0 Å². The van der Waals surface area contributed by atoms with Gasteiger partial charge in [-0.3, -0.25) is 10.1 Å². The van der Waals surface area contributed by atoms with E-state index in [-0.39, 0.29) is 27.9 Å². The zero-order chi connectivity index (χ0) is 14.7. The Morgan fingerprint density at radius 2 is 1.90 bits per heavy atom. The van der Waals surface area contributed by atoms with E-state index < -0.39 is 4.92 Å². The van der Waals surface area contributed by atoms with Gasteiger partial charge >= 0.3 is 0 Å². The number of hydrogen-bond donors (Lipinski definition) is 1. The lowest BCUT2D eigenvalue weighted by atomic mass is 9.92. The quantitative estimate of drug-likeness (QED) is 0.677. The number of non-ortho nitro benzene ring substituents is 1. The van der Waals surface area contributed by atoms with E-state index in [0.717, 1.165) is 25.7 Å². The van der Waals surface area contributed by atoms with Gasteiger partial charge in [0.2, 0.25) is 0 Å². The molecule has 2 atom stereocenters. The van der Waals surface area contributed by atoms with E-state index in [1.54, 1.807) is 0 Å². The van der Waals surface area contributed by atoms with Crippen LogP contribution in [0.15, 0.2) is 12.1 Å². The highest BCUT2D eigenvalue weighted by molar-refractivity contribution is 6.37. The van der Waals surface area contributed by atoms with Gasteiger partial charge < -0.3 is 10.1 Å². The Morgan fingerprint density at radius 1 is 1.30 bits per heavy atom. The second kappa shape index (κ2) is 6.61. The number of nitro benzene ring substituents is 1. The largest absolute Gasteiger partial charge is 0.486 e. The maximum Gasteiger partial charge on any atom is 0.272 e. The zero-order valence-electron chi connectivity index (χ0n) is 11.1. The van der Waals surface area contributed by atoms with Gasteiger partial charge in [0.1, 0.15) is 6.10 Å². The third-order valence-electron chi connectivity index (χ3n) is 3.54. The van der Waals surface area contributed by atoms with Crippen LogP contribution in [0.5, 0.6) is 5.75 Å². The van der Waals surface area contributed by atoms with E-state index in [1.807, 2.05) is 7.05 Å². The molecule has 0 saturated heterocycles. The molecule has 0 amide bonds. The number of hydrogen-bond acceptors (Lipinski definition) is 4. The van der Waals surface area contributed by atoms with Gasteiger partial charge in [-0.2, -0.15) is 0 Å². The first kappa shape index (κ1) is 15.4. The number of likely N-dealkylation sites (N-methyl/N-ethyl adjacent to an activating group) is 1. The van der Waals surface area contributed by atoms with Crippen LogP contribution < -0.4 is 10.1 Å². The molecule has 0 radical (unpaired) electrons. The normalized spacial score (nSPS) is 22.6. The van der Waals surface area contributed by atoms with Crippen molar-refractivity contribution < 1.29 is 9.66 Å². The molecular formula is C13H16Cl2N2O3. The van der Waals surface area contributed by atoms with Gasteiger partial charge in [-0.05, 0) is 26.3 Å². The Bertz CT molecular complexity index is 487. The number of halogens is 2. The molecule has 1 aromatic rings. The van der Waals surface area contributed by atoms with Gasteiger partial charge in [0, 0.05) is 18.2 Å². The van der Waals surface area contributed by atoms with Crippen LogP contribution in [0, 0.1) is 10.1 Å². The first-order chi connectivity index (χ1) is 9.52. The molecule has 2 rings (SSSR count). The fourth-order valence-electron chi connectivity index (χ4n) is 2.48. The second-order valence-corrected chi connectivity index (χ2v) is 5.65. The predicted octanol–water partition coefficient (Wildman–Crippen LogP) is 3.81. The van der Waals surface area contributed by atoms with Gasteiger partial charge in [-0.1, -0.05) is 29.6 Å². The standard InChI is InChI=1S/C13H16Cl2N2O3/c1-16-11-4-2-3-5-12(11)20-13-9(14)6-8(17(18)19)7-10(13)15/h6-7,11-12,16H,2-5H2,1H3. The fourth-order valence-corrected chi connectivity index (χ4v) is 3.05. The SMILES string of the molecule is CNC1CCCCC1Oc1c(Cl)cc([N+](=O)[O-])cc1Cl. The first-order valence-corrected chi connectivity index (χ1v) is 7.26. The number of ether oxygens (including phenoxy) is 1. The van der Waals surface area contributed by atoms with Crippen molar-refractivity contribution in [3.63, 3.8) is 0 Å². The average molecular weight is 319 g/mol. The monoisotopic (exact) mass is 318 g/mol. The molecule has 0 aromatic heterocycles. The average Bonchev–Trinajstić information content (AvgIpc) is 2.42. The summed E-state index contributed by atoms with van der Waals surface area (Å²) in [4.78, 5) is 10.2. The summed E-state index contributed by atoms with van der Waals surface area (Å²) >= 11 is 12.1. The summed E-state index contributed by atoms with van der Waals surface area (Å²) in [6.07, 6.45) is 4.17. The van der Waals surface area contributed by atoms with E-state index in [2.05, 4.69) is 5.32 Å². The minimum Gasteiger partial charge on any atom is -0.486 e. The van der Waals surface area contributed by atoms with E-state index in [0.29, 0.717) is 5.75 Å². The molecule has 2 unspecified atom stereocenters. The minimum absolute atomic E-state index is 0.0230. The lowest BCUT2D eigenvalue weighted by Crippen LogP contribution is -2.43. The third kappa shape index (κ3) is 3.34. The van der Waals surface area contributed by atoms with Crippen molar-refractivity contribution >= 4 is 28.9 Å². The summed E-state index contributed by atoms with van der Waals surface area (Å²) in [6, 6.07) is 2.77. The van der Waals surface area contributed by atoms with Crippen molar-refractivity contribution in [3.8, 4) is 5.75 Å². The molecule has 7 heteroatoms. The molecule has 0 bridgehead atoms. The third-order valence-corrected chi connectivity index (χ3v) is 4.10. The molecule has 0 spiro atoms. The van der Waals surface area contributed by atoms with Crippen molar-refractivity contribution in [2.45, 2.75) is 37.8 Å². The predicted molar refractivity (Wildman–Crippen MR) is 78.8 cm³/mol. The molecule has 5 nitrogen and oxygen atoms in total. The minimum atomic E-state index is -0.529. The topological polar surface area (TPSA) is 64.4 Å². The summed E-state index contributed by atoms with van der Waals surface area (Å²) in [6.45, 7) is 0. The number of nitrogens with one attached hydrogen (secondary N) is 1. The zero-order valence-corrected chi connectivity index (χ0v) is 12.6. The lowest BCUT2D eigenvalue weighted by Gasteiger charge is -2.32. The van der Waals surface area contributed by atoms with Gasteiger partial charge in [0.15, 0.2) is 5.75 Å². The summed E-state index contributed by atoms with van der Waals surface area (Å²) in [5, 5.41) is 14.3. The van der Waals surface area contributed by atoms with Crippen LogP contribution in [0.3, 0.4) is 0 Å². The number of rotatable bonds is 4. The number of nitro groups is 1. The lowest BCUT2D eigenvalue weighted by molar-refractivity contribution is -0.384. The van der Waals surface area contributed by atoms with Crippen molar-refractivity contribution in [3.05, 3.63) is 32.3 Å². The Hall–Kier alpha value is -1.04. The highest BCUT2D eigenvalue weighted by atomic mass is 35.5. The first-order valence-electron chi connectivity index (χ1n) is 6.50. The fraction of sp³-hybridized carbons (Fsp3) is 0.538. The van der Waals surface area contributed by atoms with E-state index in [1.165, 1.54) is 12.1 Å². The Kier molecular flexibility index (Phi) is 5.07. The summed E-state index contributed by atoms with van der Waals surface area (Å²) in [7, 11) is 1.89. The molecule has 1 saturated carbocycles. The van der Waals surface area contributed by atoms with Gasteiger partial charge in [0.25, 0.3) is 5.69 Å². The van der Waals surface area contributed by atoms with Crippen molar-refractivity contribution in [1.82, 2.24) is 5.32 Å². The molecule has 1 aliphatic carbocycles. The molecule has 1 aromatic carbocycles. The summed E-state index contributed by atoms with van der Waals surface area (Å²) in [5.74, 6) is 0.325. The van der Waals surface area contributed by atoms with Gasteiger partial charge in [0.05, 0.1) is 15.0 Å². The smallest absolute Gasteiger partial charge is 0.272 e. The summed E-state index contributed by atoms with van der Waals surface area (Å²) < 4.78 is 5.91. The van der Waals surface area contributed by atoms with Crippen LogP contribution >= 0.6 is 23.2 Å².